The van der Waals surface area contributed by atoms with Crippen molar-refractivity contribution in [2.24, 2.45) is 0 Å². The van der Waals surface area contributed by atoms with Crippen molar-refractivity contribution in [3.8, 4) is 0 Å². The van der Waals surface area contributed by atoms with Crippen molar-refractivity contribution in [1.29, 1.82) is 0 Å². The fourth-order valence-electron chi connectivity index (χ4n) is 1.59. The summed E-state index contributed by atoms with van der Waals surface area (Å²) in [6.45, 7) is 2.62. The largest absolute Gasteiger partial charge is 0.315 e. The Labute approximate surface area is 94.4 Å². The average molecular weight is 214 g/mol. The zero-order valence-electron chi connectivity index (χ0n) is 9.26. The van der Waals surface area contributed by atoms with Crippen molar-refractivity contribution in [2.75, 3.05) is 0 Å². The molecule has 0 saturated heterocycles. The summed E-state index contributed by atoms with van der Waals surface area (Å²) in [5.74, 6) is 0. The van der Waals surface area contributed by atoms with Gasteiger partial charge in [0.05, 0.1) is 0 Å². The molecule has 0 aliphatic heterocycles. The SMILES string of the molecule is Cc1ccn(CCc2cccnc2)c(=O)c1. The topological polar surface area (TPSA) is 34.9 Å². The second kappa shape index (κ2) is 4.75. The summed E-state index contributed by atoms with van der Waals surface area (Å²) < 4.78 is 1.72. The lowest BCUT2D eigenvalue weighted by atomic mass is 10.2. The predicted molar refractivity (Wildman–Crippen MR) is 63.4 cm³/mol. The molecule has 2 rings (SSSR count). The van der Waals surface area contributed by atoms with Gasteiger partial charge in [0.2, 0.25) is 0 Å². The average Bonchev–Trinajstić information content (AvgIpc) is 2.29. The predicted octanol–water partition coefficient (Wildman–Crippen LogP) is 1.79. The van der Waals surface area contributed by atoms with E-state index in [1.165, 1.54) is 0 Å². The van der Waals surface area contributed by atoms with Crippen LogP contribution in [0.1, 0.15) is 11.1 Å². The third kappa shape index (κ3) is 2.57. The van der Waals surface area contributed by atoms with Gasteiger partial charge in [-0.05, 0) is 36.6 Å². The maximum atomic E-state index is 11.6. The molecule has 0 saturated carbocycles. The highest BCUT2D eigenvalue weighted by Gasteiger charge is 1.97. The molecule has 0 unspecified atom stereocenters. The van der Waals surface area contributed by atoms with E-state index in [2.05, 4.69) is 4.98 Å². The van der Waals surface area contributed by atoms with E-state index in [9.17, 15) is 4.79 Å². The monoisotopic (exact) mass is 214 g/mol. The van der Waals surface area contributed by atoms with Gasteiger partial charge in [0, 0.05) is 31.2 Å². The Morgan fingerprint density at radius 1 is 1.38 bits per heavy atom. The van der Waals surface area contributed by atoms with Gasteiger partial charge in [0.15, 0.2) is 0 Å². The van der Waals surface area contributed by atoms with Gasteiger partial charge < -0.3 is 4.57 Å². The first-order chi connectivity index (χ1) is 7.75. The van der Waals surface area contributed by atoms with Crippen molar-refractivity contribution in [3.63, 3.8) is 0 Å². The molecule has 0 aliphatic carbocycles. The van der Waals surface area contributed by atoms with Crippen LogP contribution in [0.2, 0.25) is 0 Å². The van der Waals surface area contributed by atoms with Crippen LogP contribution in [0, 0.1) is 6.92 Å². The molecule has 2 aromatic rings. The number of hydrogen-bond acceptors (Lipinski definition) is 2. The maximum absolute atomic E-state index is 11.6. The van der Waals surface area contributed by atoms with Crippen molar-refractivity contribution >= 4 is 0 Å². The zero-order chi connectivity index (χ0) is 11.4. The van der Waals surface area contributed by atoms with Crippen LogP contribution in [-0.2, 0) is 13.0 Å². The van der Waals surface area contributed by atoms with Crippen LogP contribution in [0.15, 0.2) is 47.7 Å². The molecule has 16 heavy (non-hydrogen) atoms. The molecule has 0 bridgehead atoms. The number of nitrogens with zero attached hydrogens (tertiary/aromatic N) is 2. The first-order valence-electron chi connectivity index (χ1n) is 5.32. The molecule has 0 N–H and O–H groups in total. The fraction of sp³-hybridized carbons (Fsp3) is 0.231. The molecule has 0 aliphatic rings. The molecule has 0 radical (unpaired) electrons. The molecular weight excluding hydrogens is 200 g/mol. The van der Waals surface area contributed by atoms with Crippen LogP contribution in [-0.4, -0.2) is 9.55 Å². The lowest BCUT2D eigenvalue weighted by Gasteiger charge is -2.05. The van der Waals surface area contributed by atoms with Crippen molar-refractivity contribution in [2.45, 2.75) is 19.9 Å². The number of hydrogen-bond donors (Lipinski definition) is 0. The van der Waals surface area contributed by atoms with E-state index < -0.39 is 0 Å². The van der Waals surface area contributed by atoms with Crippen LogP contribution in [0.25, 0.3) is 0 Å². The Morgan fingerprint density at radius 2 is 2.25 bits per heavy atom. The van der Waals surface area contributed by atoms with Crippen LogP contribution >= 0.6 is 0 Å². The molecule has 0 fully saturated rings. The molecule has 0 amide bonds. The lowest BCUT2D eigenvalue weighted by molar-refractivity contribution is 0.667. The molecule has 3 nitrogen and oxygen atoms in total. The number of rotatable bonds is 3. The summed E-state index contributed by atoms with van der Waals surface area (Å²) in [6.07, 6.45) is 6.26. The highest BCUT2D eigenvalue weighted by atomic mass is 16.1. The Bertz CT molecular complexity index is 517. The normalized spacial score (nSPS) is 10.3. The van der Waals surface area contributed by atoms with Gasteiger partial charge in [-0.2, -0.15) is 0 Å². The molecular formula is C13H14N2O. The third-order valence-corrected chi connectivity index (χ3v) is 2.52. The number of aryl methyl sites for hydroxylation is 3. The fourth-order valence-corrected chi connectivity index (χ4v) is 1.59. The Balaban J connectivity index is 2.08. The van der Waals surface area contributed by atoms with E-state index in [1.807, 2.05) is 37.5 Å². The summed E-state index contributed by atoms with van der Waals surface area (Å²) in [7, 11) is 0. The van der Waals surface area contributed by atoms with Gasteiger partial charge >= 0.3 is 0 Å². The molecule has 3 heteroatoms. The molecule has 0 spiro atoms. The number of aromatic nitrogens is 2. The van der Waals surface area contributed by atoms with Gasteiger partial charge in [-0.25, -0.2) is 0 Å². The minimum absolute atomic E-state index is 0.0592. The molecule has 0 aromatic carbocycles. The smallest absolute Gasteiger partial charge is 0.250 e. The minimum Gasteiger partial charge on any atom is -0.315 e. The van der Waals surface area contributed by atoms with Crippen LogP contribution in [0.5, 0.6) is 0 Å². The van der Waals surface area contributed by atoms with E-state index in [0.29, 0.717) is 6.54 Å². The van der Waals surface area contributed by atoms with Gasteiger partial charge in [-0.15, -0.1) is 0 Å². The van der Waals surface area contributed by atoms with Crippen molar-refractivity contribution in [3.05, 3.63) is 64.3 Å². The summed E-state index contributed by atoms with van der Waals surface area (Å²) in [4.78, 5) is 15.7. The second-order valence-electron chi connectivity index (χ2n) is 3.85. The summed E-state index contributed by atoms with van der Waals surface area (Å²) >= 11 is 0. The zero-order valence-corrected chi connectivity index (χ0v) is 9.26. The summed E-state index contributed by atoms with van der Waals surface area (Å²) in [5, 5.41) is 0. The van der Waals surface area contributed by atoms with E-state index in [-0.39, 0.29) is 5.56 Å². The van der Waals surface area contributed by atoms with Gasteiger partial charge in [-0.1, -0.05) is 6.07 Å². The Kier molecular flexibility index (Phi) is 3.15. The number of pyridine rings is 2. The first kappa shape index (κ1) is 10.6. The Hall–Kier alpha value is -1.90. The van der Waals surface area contributed by atoms with Crippen LogP contribution in [0.4, 0.5) is 0 Å². The molecule has 82 valence electrons. The van der Waals surface area contributed by atoms with Crippen molar-refractivity contribution < 1.29 is 0 Å². The maximum Gasteiger partial charge on any atom is 0.250 e. The van der Waals surface area contributed by atoms with E-state index in [0.717, 1.165) is 17.5 Å². The quantitative estimate of drug-likeness (QED) is 0.780. The molecule has 2 heterocycles. The van der Waals surface area contributed by atoms with Gasteiger partial charge in [0.25, 0.3) is 5.56 Å². The lowest BCUT2D eigenvalue weighted by Crippen LogP contribution is -2.19. The molecule has 2 aromatic heterocycles. The first-order valence-corrected chi connectivity index (χ1v) is 5.32. The Morgan fingerprint density at radius 3 is 2.94 bits per heavy atom. The van der Waals surface area contributed by atoms with Gasteiger partial charge in [-0.3, -0.25) is 9.78 Å². The highest BCUT2D eigenvalue weighted by molar-refractivity contribution is 5.10. The highest BCUT2D eigenvalue weighted by Crippen LogP contribution is 1.99. The second-order valence-corrected chi connectivity index (χ2v) is 3.85. The van der Waals surface area contributed by atoms with E-state index >= 15 is 0 Å². The van der Waals surface area contributed by atoms with Gasteiger partial charge in [0.1, 0.15) is 0 Å². The van der Waals surface area contributed by atoms with Crippen LogP contribution in [0.3, 0.4) is 0 Å². The van der Waals surface area contributed by atoms with Crippen LogP contribution < -0.4 is 5.56 Å². The van der Waals surface area contributed by atoms with E-state index in [1.54, 1.807) is 16.8 Å². The minimum atomic E-state index is 0.0592. The molecule has 0 atom stereocenters. The van der Waals surface area contributed by atoms with E-state index in [4.69, 9.17) is 0 Å². The van der Waals surface area contributed by atoms with Crippen molar-refractivity contribution in [1.82, 2.24) is 9.55 Å². The standard InChI is InChI=1S/C13H14N2O/c1-11-4-7-15(13(16)9-11)8-5-12-3-2-6-14-10-12/h2-4,6-7,9-10H,5,8H2,1H3. The summed E-state index contributed by atoms with van der Waals surface area (Å²) in [5.41, 5.74) is 2.21. The summed E-state index contributed by atoms with van der Waals surface area (Å²) in [6, 6.07) is 7.54. The third-order valence-electron chi connectivity index (χ3n) is 2.52.